The van der Waals surface area contributed by atoms with Gasteiger partial charge in [-0.15, -0.1) is 0 Å². The van der Waals surface area contributed by atoms with E-state index in [0.717, 1.165) is 5.56 Å². The average Bonchev–Trinajstić information content (AvgIpc) is 2.05. The second-order valence-corrected chi connectivity index (χ2v) is 2.14. The van der Waals surface area contributed by atoms with E-state index < -0.39 is 0 Å². The van der Waals surface area contributed by atoms with Crippen LogP contribution >= 0.6 is 0 Å². The van der Waals surface area contributed by atoms with Crippen molar-refractivity contribution in [3.8, 4) is 6.07 Å². The largest absolute Gasteiger partial charge is 0.264 e. The molecule has 0 aliphatic carbocycles. The summed E-state index contributed by atoms with van der Waals surface area (Å²) in [5.41, 5.74) is 0.977. The van der Waals surface area contributed by atoms with E-state index in [1.54, 1.807) is 12.4 Å². The summed E-state index contributed by atoms with van der Waals surface area (Å²) in [6, 6.07) is 5.88. The summed E-state index contributed by atoms with van der Waals surface area (Å²) in [6.45, 7) is 1.86. The van der Waals surface area contributed by atoms with Crippen molar-refractivity contribution in [2.45, 2.75) is 12.8 Å². The van der Waals surface area contributed by atoms with Crippen LogP contribution in [-0.4, -0.2) is 4.98 Å². The maximum Gasteiger partial charge on any atom is 0.0701 e. The van der Waals surface area contributed by atoms with Gasteiger partial charge in [0.05, 0.1) is 12.0 Å². The lowest BCUT2D eigenvalue weighted by Crippen LogP contribution is -1.88. The van der Waals surface area contributed by atoms with Gasteiger partial charge in [-0.25, -0.2) is 0 Å². The molecule has 0 aromatic carbocycles. The van der Waals surface area contributed by atoms with Crippen LogP contribution in [0, 0.1) is 11.3 Å². The lowest BCUT2D eigenvalue weighted by molar-refractivity contribution is 0.967. The van der Waals surface area contributed by atoms with Gasteiger partial charge in [-0.05, 0) is 18.6 Å². The second kappa shape index (κ2) is 2.98. The number of aromatic nitrogens is 1. The van der Waals surface area contributed by atoms with Crippen LogP contribution in [-0.2, 0) is 0 Å². The molecule has 1 aromatic heterocycles. The monoisotopic (exact) mass is 132 g/mol. The minimum Gasteiger partial charge on any atom is -0.264 e. The van der Waals surface area contributed by atoms with Gasteiger partial charge in [-0.3, -0.25) is 4.98 Å². The zero-order valence-electron chi connectivity index (χ0n) is 5.78. The highest BCUT2D eigenvalue weighted by atomic mass is 14.6. The maximum atomic E-state index is 8.51. The van der Waals surface area contributed by atoms with Gasteiger partial charge in [-0.2, -0.15) is 5.26 Å². The van der Waals surface area contributed by atoms with Crippen molar-refractivity contribution < 1.29 is 0 Å². The van der Waals surface area contributed by atoms with Crippen molar-refractivity contribution in [3.05, 3.63) is 30.1 Å². The molecule has 50 valence electrons. The van der Waals surface area contributed by atoms with Crippen LogP contribution in [0.2, 0.25) is 0 Å². The third-order valence-electron chi connectivity index (χ3n) is 1.38. The quantitative estimate of drug-likeness (QED) is 0.583. The predicted octanol–water partition coefficient (Wildman–Crippen LogP) is 1.71. The second-order valence-electron chi connectivity index (χ2n) is 2.14. The molecule has 0 aliphatic rings. The molecule has 0 bridgehead atoms. The van der Waals surface area contributed by atoms with Crippen LogP contribution in [0.3, 0.4) is 0 Å². The number of rotatable bonds is 1. The first-order valence-electron chi connectivity index (χ1n) is 3.14. The fraction of sp³-hybridized carbons (Fsp3) is 0.250. The predicted molar refractivity (Wildman–Crippen MR) is 38.3 cm³/mol. The van der Waals surface area contributed by atoms with Gasteiger partial charge in [0.15, 0.2) is 0 Å². The Morgan fingerprint density at radius 1 is 1.70 bits per heavy atom. The Bertz CT molecular complexity index is 235. The van der Waals surface area contributed by atoms with Crippen molar-refractivity contribution >= 4 is 0 Å². The van der Waals surface area contributed by atoms with Gasteiger partial charge in [0, 0.05) is 12.4 Å². The topological polar surface area (TPSA) is 36.7 Å². The molecule has 0 aliphatic heterocycles. The van der Waals surface area contributed by atoms with Gasteiger partial charge in [0.1, 0.15) is 0 Å². The van der Waals surface area contributed by atoms with Crippen molar-refractivity contribution in [1.29, 1.82) is 5.26 Å². The first-order chi connectivity index (χ1) is 4.84. The zero-order valence-corrected chi connectivity index (χ0v) is 5.78. The minimum absolute atomic E-state index is 0.0475. The summed E-state index contributed by atoms with van der Waals surface area (Å²) in [6.07, 6.45) is 3.42. The Labute approximate surface area is 60.1 Å². The fourth-order valence-corrected chi connectivity index (χ4v) is 0.707. The molecule has 0 unspecified atom stereocenters. The van der Waals surface area contributed by atoms with Gasteiger partial charge in [0.25, 0.3) is 0 Å². The summed E-state index contributed by atoms with van der Waals surface area (Å²) in [5.74, 6) is -0.0475. The van der Waals surface area contributed by atoms with Gasteiger partial charge >= 0.3 is 0 Å². The van der Waals surface area contributed by atoms with Crippen LogP contribution in [0.15, 0.2) is 24.5 Å². The van der Waals surface area contributed by atoms with E-state index in [9.17, 15) is 0 Å². The smallest absolute Gasteiger partial charge is 0.0701 e. The average molecular weight is 132 g/mol. The van der Waals surface area contributed by atoms with Crippen LogP contribution in [0.25, 0.3) is 0 Å². The van der Waals surface area contributed by atoms with Crippen molar-refractivity contribution in [2.75, 3.05) is 0 Å². The minimum atomic E-state index is -0.0475. The molecule has 0 saturated carbocycles. The van der Waals surface area contributed by atoms with Crippen LogP contribution in [0.1, 0.15) is 18.4 Å². The molecule has 0 spiro atoms. The highest BCUT2D eigenvalue weighted by Crippen LogP contribution is 2.10. The van der Waals surface area contributed by atoms with Gasteiger partial charge in [0.2, 0.25) is 0 Å². The number of hydrogen-bond acceptors (Lipinski definition) is 2. The van der Waals surface area contributed by atoms with E-state index in [4.69, 9.17) is 5.26 Å². The molecule has 0 fully saturated rings. The zero-order chi connectivity index (χ0) is 7.40. The molecule has 1 atom stereocenters. The molecule has 1 aromatic rings. The van der Waals surface area contributed by atoms with Crippen molar-refractivity contribution in [3.63, 3.8) is 0 Å². The number of hydrogen-bond donors (Lipinski definition) is 0. The summed E-state index contributed by atoms with van der Waals surface area (Å²) in [5, 5.41) is 8.51. The van der Waals surface area contributed by atoms with E-state index in [1.165, 1.54) is 0 Å². The highest BCUT2D eigenvalue weighted by molar-refractivity contribution is 5.19. The fourth-order valence-electron chi connectivity index (χ4n) is 0.707. The third kappa shape index (κ3) is 1.32. The van der Waals surface area contributed by atoms with Crippen LogP contribution < -0.4 is 0 Å². The van der Waals surface area contributed by atoms with E-state index in [2.05, 4.69) is 11.1 Å². The molecule has 1 heterocycles. The lowest BCUT2D eigenvalue weighted by Gasteiger charge is -1.98. The third-order valence-corrected chi connectivity index (χ3v) is 1.38. The van der Waals surface area contributed by atoms with Gasteiger partial charge in [-0.1, -0.05) is 6.07 Å². The van der Waals surface area contributed by atoms with Gasteiger partial charge < -0.3 is 0 Å². The number of nitrogens with zero attached hydrogens (tertiary/aromatic N) is 2. The molecule has 10 heavy (non-hydrogen) atoms. The Hall–Kier alpha value is -1.36. The Morgan fingerprint density at radius 3 is 3.00 bits per heavy atom. The first-order valence-corrected chi connectivity index (χ1v) is 3.14. The molecule has 2 heteroatoms. The van der Waals surface area contributed by atoms with E-state index >= 15 is 0 Å². The molecule has 0 N–H and O–H groups in total. The number of nitriles is 1. The summed E-state index contributed by atoms with van der Waals surface area (Å²) < 4.78 is 0. The van der Waals surface area contributed by atoms with Crippen LogP contribution in [0.5, 0.6) is 0 Å². The first kappa shape index (κ1) is 6.76. The molecule has 0 radical (unpaired) electrons. The molecular weight excluding hydrogens is 124 g/mol. The normalized spacial score (nSPS) is 12.0. The standard InChI is InChI=1S/C8H8N2/c1-7(5-9)8-3-2-4-10-6-8/h2-4,6-7H,1H3/t7-/m0/s1. The Kier molecular flexibility index (Phi) is 2.01. The van der Waals surface area contributed by atoms with Crippen LogP contribution in [0.4, 0.5) is 0 Å². The van der Waals surface area contributed by atoms with E-state index in [-0.39, 0.29) is 5.92 Å². The lowest BCUT2D eigenvalue weighted by atomic mass is 10.1. The SMILES string of the molecule is C[C@@H](C#N)c1cccnc1. The highest BCUT2D eigenvalue weighted by Gasteiger charge is 2.00. The molecular formula is C8H8N2. The number of pyridine rings is 1. The van der Waals surface area contributed by atoms with E-state index in [0.29, 0.717) is 0 Å². The molecule has 1 rings (SSSR count). The van der Waals surface area contributed by atoms with Crippen molar-refractivity contribution in [1.82, 2.24) is 4.98 Å². The summed E-state index contributed by atoms with van der Waals surface area (Å²) in [4.78, 5) is 3.90. The van der Waals surface area contributed by atoms with Crippen molar-refractivity contribution in [2.24, 2.45) is 0 Å². The van der Waals surface area contributed by atoms with E-state index in [1.807, 2.05) is 19.1 Å². The maximum absolute atomic E-state index is 8.51. The molecule has 2 nitrogen and oxygen atoms in total. The Balaban J connectivity index is 2.88. The summed E-state index contributed by atoms with van der Waals surface area (Å²) in [7, 11) is 0. The Morgan fingerprint density at radius 2 is 2.50 bits per heavy atom. The molecule has 0 saturated heterocycles. The molecule has 0 amide bonds. The summed E-state index contributed by atoms with van der Waals surface area (Å²) >= 11 is 0.